The van der Waals surface area contributed by atoms with Gasteiger partial charge in [-0.15, -0.1) is 0 Å². The summed E-state index contributed by atoms with van der Waals surface area (Å²) in [5, 5.41) is 11.1. The fraction of sp³-hybridized carbons (Fsp3) is 0.158. The molecule has 0 saturated carbocycles. The van der Waals surface area contributed by atoms with Gasteiger partial charge < -0.3 is 19.4 Å². The van der Waals surface area contributed by atoms with Crippen molar-refractivity contribution in [2.75, 3.05) is 38.5 Å². The van der Waals surface area contributed by atoms with Crippen molar-refractivity contribution in [3.05, 3.63) is 121 Å². The topological polar surface area (TPSA) is 109 Å². The molecule has 6 rings (SSSR count). The van der Waals surface area contributed by atoms with Gasteiger partial charge in [0.25, 0.3) is 5.91 Å². The third kappa shape index (κ3) is 7.40. The van der Waals surface area contributed by atoms with Crippen LogP contribution < -0.4 is 15.1 Å². The first-order valence-electron chi connectivity index (χ1n) is 15.7. The van der Waals surface area contributed by atoms with Crippen LogP contribution in [0.3, 0.4) is 0 Å². The Hall–Kier alpha value is -6.27. The predicted octanol–water partition coefficient (Wildman–Crippen LogP) is 6.89. The number of fused-ring (bicyclic) bond motifs is 1. The Morgan fingerprint density at radius 3 is 2.44 bits per heavy atom. The van der Waals surface area contributed by atoms with E-state index in [1.54, 1.807) is 83.7 Å². The Bertz CT molecular complexity index is 2170. The maximum absolute atomic E-state index is 13.3. The predicted molar refractivity (Wildman–Crippen MR) is 191 cm³/mol. The van der Waals surface area contributed by atoms with Crippen molar-refractivity contribution in [1.29, 1.82) is 0 Å². The normalized spacial score (nSPS) is 11.5. The number of nitrogens with one attached hydrogen (secondary N) is 1. The molecule has 12 heteroatoms. The Kier molecular flexibility index (Phi) is 9.73. The number of rotatable bonds is 12. The number of ether oxygens (including phenoxy) is 1. The van der Waals surface area contributed by atoms with E-state index < -0.39 is 5.91 Å². The summed E-state index contributed by atoms with van der Waals surface area (Å²) < 4.78 is 27.8. The number of aryl methyl sites for hydroxylation is 1. The Morgan fingerprint density at radius 1 is 1.00 bits per heavy atom. The number of carbonyl (C=O) groups excluding carboxylic acids is 2. The lowest BCUT2D eigenvalue weighted by Gasteiger charge is -2.29. The van der Waals surface area contributed by atoms with Crippen molar-refractivity contribution >= 4 is 34.7 Å². The van der Waals surface area contributed by atoms with Crippen molar-refractivity contribution in [2.45, 2.75) is 6.54 Å². The Labute approximate surface area is 288 Å². The number of halogens is 1. The molecule has 0 aliphatic heterocycles. The summed E-state index contributed by atoms with van der Waals surface area (Å²) in [5.41, 5.74) is 5.18. The highest BCUT2D eigenvalue weighted by atomic mass is 19.1. The van der Waals surface area contributed by atoms with Gasteiger partial charge in [-0.3, -0.25) is 24.3 Å². The lowest BCUT2D eigenvalue weighted by molar-refractivity contribution is -0.115. The van der Waals surface area contributed by atoms with Crippen LogP contribution in [0, 0.1) is 5.82 Å². The van der Waals surface area contributed by atoms with Crippen LogP contribution in [0.1, 0.15) is 5.56 Å². The minimum absolute atomic E-state index is 0.104. The van der Waals surface area contributed by atoms with Gasteiger partial charge in [0, 0.05) is 63.6 Å². The number of carbonyl (C=O) groups is 2. The van der Waals surface area contributed by atoms with Gasteiger partial charge in [-0.25, -0.2) is 9.37 Å². The van der Waals surface area contributed by atoms with E-state index in [0.717, 1.165) is 28.8 Å². The number of aromatic nitrogens is 3. The van der Waals surface area contributed by atoms with Crippen molar-refractivity contribution < 1.29 is 23.1 Å². The number of hydrazine groups is 1. The van der Waals surface area contributed by atoms with Crippen LogP contribution in [-0.2, 0) is 23.2 Å². The maximum Gasteiger partial charge on any atom is 0.260 e. The SMILES string of the molecule is CN(C)Cc1cccc(-c2c(-c3cnn(C)c3)oc3nccc(Oc4ccc(NC(=O)/C(C=O)=C/N(C)N(C)c5ccc(F)cc5)cc4)c23)c1. The number of benzene rings is 3. The van der Waals surface area contributed by atoms with E-state index in [4.69, 9.17) is 9.15 Å². The largest absolute Gasteiger partial charge is 0.456 e. The molecule has 50 heavy (non-hydrogen) atoms. The highest BCUT2D eigenvalue weighted by Gasteiger charge is 2.24. The molecule has 0 atom stereocenters. The van der Waals surface area contributed by atoms with Crippen LogP contribution in [0.2, 0.25) is 0 Å². The number of hydrogen-bond acceptors (Lipinski definition) is 9. The number of furan rings is 1. The number of hydrogen-bond donors (Lipinski definition) is 1. The molecule has 0 unspecified atom stereocenters. The molecule has 1 N–H and O–H groups in total. The molecule has 0 aliphatic rings. The minimum atomic E-state index is -0.591. The van der Waals surface area contributed by atoms with Crippen molar-refractivity contribution in [3.8, 4) is 33.9 Å². The van der Waals surface area contributed by atoms with Crippen molar-refractivity contribution in [1.82, 2.24) is 24.7 Å². The van der Waals surface area contributed by atoms with Crippen LogP contribution in [-0.4, -0.2) is 65.1 Å². The van der Waals surface area contributed by atoms with Crippen molar-refractivity contribution in [2.24, 2.45) is 7.05 Å². The highest BCUT2D eigenvalue weighted by molar-refractivity contribution is 6.16. The molecule has 3 aromatic carbocycles. The summed E-state index contributed by atoms with van der Waals surface area (Å²) in [4.78, 5) is 31.5. The molecule has 3 aromatic heterocycles. The summed E-state index contributed by atoms with van der Waals surface area (Å²) in [6.07, 6.45) is 7.16. The van der Waals surface area contributed by atoms with Gasteiger partial charge in [0.15, 0.2) is 6.29 Å². The molecule has 0 spiro atoms. The van der Waals surface area contributed by atoms with E-state index in [0.29, 0.717) is 46.0 Å². The first kappa shape index (κ1) is 33.6. The molecule has 0 radical (unpaired) electrons. The second kappa shape index (κ2) is 14.5. The molecule has 3 heterocycles. The molecule has 0 bridgehead atoms. The molecule has 0 aliphatic carbocycles. The number of aldehydes is 1. The first-order chi connectivity index (χ1) is 24.1. The number of anilines is 2. The van der Waals surface area contributed by atoms with Crippen LogP contribution in [0.25, 0.3) is 33.6 Å². The van der Waals surface area contributed by atoms with E-state index in [1.807, 2.05) is 39.5 Å². The second-order valence-corrected chi connectivity index (χ2v) is 12.0. The molecule has 254 valence electrons. The summed E-state index contributed by atoms with van der Waals surface area (Å²) in [6.45, 7) is 0.768. The van der Waals surface area contributed by atoms with Gasteiger partial charge >= 0.3 is 0 Å². The zero-order chi connectivity index (χ0) is 35.4. The molecule has 0 fully saturated rings. The monoisotopic (exact) mass is 673 g/mol. The van der Waals surface area contributed by atoms with Gasteiger partial charge in [-0.1, -0.05) is 18.2 Å². The Morgan fingerprint density at radius 2 is 1.76 bits per heavy atom. The third-order valence-corrected chi connectivity index (χ3v) is 7.96. The van der Waals surface area contributed by atoms with Gasteiger partial charge in [-0.05, 0) is 79.8 Å². The fourth-order valence-corrected chi connectivity index (χ4v) is 5.49. The second-order valence-electron chi connectivity index (χ2n) is 12.0. The number of amides is 1. The first-order valence-corrected chi connectivity index (χ1v) is 15.7. The minimum Gasteiger partial charge on any atom is -0.456 e. The standard InChI is InChI=1S/C38H36FN7O4/c1-43(2)21-25-7-6-8-26(19-25)34-35-33(17-18-40-38(35)50-36(34)27-20-41-44(3)22-27)49-32-15-11-30(12-16-32)42-37(48)28(24-47)23-45(4)46(5)31-13-9-29(39)10-14-31/h6-20,22-24H,21H2,1-5H3,(H,42,48)/b28-23+. The zero-order valence-corrected chi connectivity index (χ0v) is 28.3. The van der Waals surface area contributed by atoms with E-state index in [-0.39, 0.29) is 11.4 Å². The lowest BCUT2D eigenvalue weighted by atomic mass is 9.98. The van der Waals surface area contributed by atoms with Gasteiger partial charge in [0.2, 0.25) is 5.71 Å². The van der Waals surface area contributed by atoms with Gasteiger partial charge in [0.1, 0.15) is 23.1 Å². The molecule has 1 amide bonds. The average Bonchev–Trinajstić information content (AvgIpc) is 3.72. The quantitative estimate of drug-likeness (QED) is 0.0488. The molecular weight excluding hydrogens is 637 g/mol. The summed E-state index contributed by atoms with van der Waals surface area (Å²) in [6, 6.07) is 22.7. The average molecular weight is 674 g/mol. The Balaban J connectivity index is 1.26. The van der Waals surface area contributed by atoms with Crippen LogP contribution in [0.4, 0.5) is 15.8 Å². The summed E-state index contributed by atoms with van der Waals surface area (Å²) in [7, 11) is 9.31. The zero-order valence-electron chi connectivity index (χ0n) is 28.3. The number of nitrogens with zero attached hydrogens (tertiary/aromatic N) is 6. The maximum atomic E-state index is 13.3. The molecule has 0 saturated heterocycles. The van der Waals surface area contributed by atoms with Crippen LogP contribution >= 0.6 is 0 Å². The lowest BCUT2D eigenvalue weighted by Crippen LogP contribution is -2.33. The van der Waals surface area contributed by atoms with Gasteiger partial charge in [-0.2, -0.15) is 5.10 Å². The highest BCUT2D eigenvalue weighted by Crippen LogP contribution is 2.45. The molecule has 6 aromatic rings. The van der Waals surface area contributed by atoms with Crippen LogP contribution in [0.15, 0.2) is 114 Å². The van der Waals surface area contributed by atoms with Crippen LogP contribution in [0.5, 0.6) is 11.5 Å². The fourth-order valence-electron chi connectivity index (χ4n) is 5.49. The summed E-state index contributed by atoms with van der Waals surface area (Å²) in [5.74, 6) is 0.731. The third-order valence-electron chi connectivity index (χ3n) is 7.96. The summed E-state index contributed by atoms with van der Waals surface area (Å²) >= 11 is 0. The van der Waals surface area contributed by atoms with E-state index in [9.17, 15) is 14.0 Å². The van der Waals surface area contributed by atoms with Gasteiger partial charge in [0.05, 0.1) is 28.4 Å². The smallest absolute Gasteiger partial charge is 0.260 e. The van der Waals surface area contributed by atoms with E-state index in [2.05, 4.69) is 32.4 Å². The number of pyridine rings is 1. The van der Waals surface area contributed by atoms with E-state index >= 15 is 0 Å². The van der Waals surface area contributed by atoms with Crippen molar-refractivity contribution in [3.63, 3.8) is 0 Å². The van der Waals surface area contributed by atoms with E-state index in [1.165, 1.54) is 18.3 Å². The molecule has 11 nitrogen and oxygen atoms in total. The molecular formula is C38H36FN7O4.